The molecule has 2 aromatic heterocycles. The maximum atomic E-state index is 12.9. The van der Waals surface area contributed by atoms with E-state index in [9.17, 15) is 14.9 Å². The molecule has 10 heteroatoms. The predicted molar refractivity (Wildman–Crippen MR) is 92.3 cm³/mol. The number of carbonyl (C=O) groups excluding carboxylic acids is 1. The van der Waals surface area contributed by atoms with Crippen molar-refractivity contribution < 1.29 is 9.72 Å². The largest absolute Gasteiger partial charge is 0.390 e. The molecule has 2 aromatic rings. The zero-order valence-corrected chi connectivity index (χ0v) is 15.4. The molecule has 0 bridgehead atoms. The summed E-state index contributed by atoms with van der Waals surface area (Å²) >= 11 is 6.15. The molecule has 0 aromatic carbocycles. The molecule has 1 amide bonds. The van der Waals surface area contributed by atoms with E-state index in [0.717, 1.165) is 5.69 Å². The quantitative estimate of drug-likeness (QED) is 0.552. The first-order valence-electron chi connectivity index (χ1n) is 7.95. The molecule has 0 fully saturated rings. The Balaban J connectivity index is 2.24. The van der Waals surface area contributed by atoms with E-state index in [-0.39, 0.29) is 11.7 Å². The molecular formula is C15H21ClN6O3. The number of rotatable bonds is 7. The molecule has 2 heterocycles. The fourth-order valence-electron chi connectivity index (χ4n) is 2.70. The second kappa shape index (κ2) is 7.64. The molecule has 0 aliphatic rings. The number of hydrogen-bond acceptors (Lipinski definition) is 5. The number of hydrogen-bond donors (Lipinski definition) is 0. The van der Waals surface area contributed by atoms with Crippen LogP contribution >= 0.6 is 11.6 Å². The third-order valence-electron chi connectivity index (χ3n) is 4.02. The van der Waals surface area contributed by atoms with Crippen LogP contribution in [0.5, 0.6) is 0 Å². The van der Waals surface area contributed by atoms with Crippen LogP contribution in [-0.4, -0.2) is 42.3 Å². The molecule has 1 atom stereocenters. The second-order valence-electron chi connectivity index (χ2n) is 5.72. The topological polar surface area (TPSA) is 99.1 Å². The summed E-state index contributed by atoms with van der Waals surface area (Å²) in [5.74, 6) is -0.456. The van der Waals surface area contributed by atoms with Gasteiger partial charge < -0.3 is 15.0 Å². The van der Waals surface area contributed by atoms with Gasteiger partial charge in [0.15, 0.2) is 6.04 Å². The summed E-state index contributed by atoms with van der Waals surface area (Å²) in [4.78, 5) is 24.7. The van der Waals surface area contributed by atoms with Crippen molar-refractivity contribution in [2.45, 2.75) is 46.3 Å². The Morgan fingerprint density at radius 3 is 2.68 bits per heavy atom. The number of carbonyl (C=O) groups is 1. The van der Waals surface area contributed by atoms with Gasteiger partial charge in [-0.15, -0.1) is 0 Å². The van der Waals surface area contributed by atoms with Crippen LogP contribution in [0.4, 0.5) is 5.82 Å². The van der Waals surface area contributed by atoms with Crippen molar-refractivity contribution in [1.82, 2.24) is 24.5 Å². The molecule has 0 radical (unpaired) electrons. The van der Waals surface area contributed by atoms with E-state index in [2.05, 4.69) is 10.2 Å². The van der Waals surface area contributed by atoms with Gasteiger partial charge in [0.1, 0.15) is 0 Å². The van der Waals surface area contributed by atoms with Crippen LogP contribution in [-0.2, 0) is 17.9 Å². The SMILES string of the molecule is CCC(C(=O)N(C)Cc1c(Cl)cnn1CC)n1nc([N+](=O)[O-])cc1C. The van der Waals surface area contributed by atoms with Gasteiger partial charge >= 0.3 is 5.82 Å². The summed E-state index contributed by atoms with van der Waals surface area (Å²) < 4.78 is 3.15. The molecule has 25 heavy (non-hydrogen) atoms. The van der Waals surface area contributed by atoms with Gasteiger partial charge in [0.05, 0.1) is 40.3 Å². The summed E-state index contributed by atoms with van der Waals surface area (Å²) in [5.41, 5.74) is 1.31. The van der Waals surface area contributed by atoms with Gasteiger partial charge in [0.2, 0.25) is 5.91 Å². The highest BCUT2D eigenvalue weighted by atomic mass is 35.5. The predicted octanol–water partition coefficient (Wildman–Crippen LogP) is 2.58. The van der Waals surface area contributed by atoms with E-state index in [4.69, 9.17) is 11.6 Å². The molecule has 0 N–H and O–H groups in total. The zero-order valence-electron chi connectivity index (χ0n) is 14.6. The lowest BCUT2D eigenvalue weighted by Gasteiger charge is -2.23. The fourth-order valence-corrected chi connectivity index (χ4v) is 2.90. The highest BCUT2D eigenvalue weighted by molar-refractivity contribution is 6.31. The van der Waals surface area contributed by atoms with E-state index in [1.807, 2.05) is 13.8 Å². The normalized spacial score (nSPS) is 12.2. The van der Waals surface area contributed by atoms with E-state index >= 15 is 0 Å². The molecule has 136 valence electrons. The first-order chi connectivity index (χ1) is 11.8. The summed E-state index contributed by atoms with van der Waals surface area (Å²) in [6, 6.07) is 0.745. The summed E-state index contributed by atoms with van der Waals surface area (Å²) in [6.07, 6.45) is 2.01. The fraction of sp³-hybridized carbons (Fsp3) is 0.533. The van der Waals surface area contributed by atoms with Crippen LogP contribution in [0.2, 0.25) is 5.02 Å². The van der Waals surface area contributed by atoms with Crippen LogP contribution in [0, 0.1) is 17.0 Å². The van der Waals surface area contributed by atoms with Gasteiger partial charge in [0.25, 0.3) is 0 Å². The number of nitrogens with zero attached hydrogens (tertiary/aromatic N) is 6. The Bertz CT molecular complexity index is 784. The number of aromatic nitrogens is 4. The van der Waals surface area contributed by atoms with Crippen LogP contribution < -0.4 is 0 Å². The summed E-state index contributed by atoms with van der Waals surface area (Å²) in [6.45, 7) is 6.41. The average Bonchev–Trinajstić information content (AvgIpc) is 3.12. The van der Waals surface area contributed by atoms with Gasteiger partial charge in [-0.3, -0.25) is 9.48 Å². The minimum absolute atomic E-state index is 0.191. The lowest BCUT2D eigenvalue weighted by molar-refractivity contribution is -0.389. The number of aryl methyl sites for hydroxylation is 2. The number of halogens is 1. The minimum Gasteiger partial charge on any atom is -0.358 e. The van der Waals surface area contributed by atoms with Crippen molar-refractivity contribution in [2.24, 2.45) is 0 Å². The summed E-state index contributed by atoms with van der Waals surface area (Å²) in [7, 11) is 1.67. The van der Waals surface area contributed by atoms with Crippen molar-refractivity contribution in [3.05, 3.63) is 38.8 Å². The molecule has 0 saturated carbocycles. The first-order valence-corrected chi connectivity index (χ1v) is 8.33. The van der Waals surface area contributed by atoms with Gasteiger partial charge in [-0.1, -0.05) is 18.5 Å². The standard InChI is InChI=1S/C15H21ClN6O3/c1-5-12(21-10(3)7-14(18-21)22(24)25)15(23)19(4)9-13-11(16)8-17-20(13)6-2/h7-8,12H,5-6,9H2,1-4H3. The van der Waals surface area contributed by atoms with E-state index in [1.54, 1.807) is 24.9 Å². The number of amides is 1. The molecule has 0 aliphatic heterocycles. The molecule has 2 rings (SSSR count). The Kier molecular flexibility index (Phi) is 5.78. The lowest BCUT2D eigenvalue weighted by Crippen LogP contribution is -2.35. The maximum absolute atomic E-state index is 12.9. The second-order valence-corrected chi connectivity index (χ2v) is 6.13. The van der Waals surface area contributed by atoms with Crippen molar-refractivity contribution in [1.29, 1.82) is 0 Å². The third kappa shape index (κ3) is 3.81. The van der Waals surface area contributed by atoms with Crippen molar-refractivity contribution in [2.75, 3.05) is 7.05 Å². The molecule has 9 nitrogen and oxygen atoms in total. The minimum atomic E-state index is -0.615. The maximum Gasteiger partial charge on any atom is 0.390 e. The van der Waals surface area contributed by atoms with Gasteiger partial charge in [-0.05, 0) is 25.2 Å². The Hall–Kier alpha value is -2.42. The van der Waals surface area contributed by atoms with E-state index in [0.29, 0.717) is 30.2 Å². The highest BCUT2D eigenvalue weighted by Crippen LogP contribution is 2.22. The van der Waals surface area contributed by atoms with Crippen LogP contribution in [0.1, 0.15) is 37.7 Å². The van der Waals surface area contributed by atoms with E-state index in [1.165, 1.54) is 15.6 Å². The van der Waals surface area contributed by atoms with Gasteiger partial charge in [0, 0.05) is 13.6 Å². The van der Waals surface area contributed by atoms with Gasteiger partial charge in [-0.2, -0.15) is 9.78 Å². The summed E-state index contributed by atoms with van der Waals surface area (Å²) in [5, 5.41) is 19.5. The Morgan fingerprint density at radius 2 is 2.16 bits per heavy atom. The van der Waals surface area contributed by atoms with Crippen LogP contribution in [0.25, 0.3) is 0 Å². The molecular weight excluding hydrogens is 348 g/mol. The van der Waals surface area contributed by atoms with Crippen LogP contribution in [0.15, 0.2) is 12.3 Å². The van der Waals surface area contributed by atoms with Gasteiger partial charge in [-0.25, -0.2) is 0 Å². The van der Waals surface area contributed by atoms with E-state index < -0.39 is 11.0 Å². The molecule has 0 aliphatic carbocycles. The zero-order chi connectivity index (χ0) is 18.7. The first kappa shape index (κ1) is 18.9. The molecule has 1 unspecified atom stereocenters. The number of nitro groups is 1. The highest BCUT2D eigenvalue weighted by Gasteiger charge is 2.29. The van der Waals surface area contributed by atoms with Crippen LogP contribution in [0.3, 0.4) is 0 Å². The monoisotopic (exact) mass is 368 g/mol. The molecule has 0 spiro atoms. The molecule has 0 saturated heterocycles. The number of likely N-dealkylation sites (N-methyl/N-ethyl adjacent to an activating group) is 1. The average molecular weight is 369 g/mol. The lowest BCUT2D eigenvalue weighted by atomic mass is 10.2. The third-order valence-corrected chi connectivity index (χ3v) is 4.34. The van der Waals surface area contributed by atoms with Crippen molar-refractivity contribution in [3.8, 4) is 0 Å². The smallest absolute Gasteiger partial charge is 0.358 e. The van der Waals surface area contributed by atoms with Crippen molar-refractivity contribution in [3.63, 3.8) is 0 Å². The van der Waals surface area contributed by atoms with Crippen molar-refractivity contribution >= 4 is 23.3 Å². The Labute approximate surface area is 150 Å². The Morgan fingerprint density at radius 1 is 1.48 bits per heavy atom.